The Kier molecular flexibility index (Phi) is 7.90. The second kappa shape index (κ2) is 11.1. The molecule has 3 aliphatic heterocycles. The number of nitrogens with one attached hydrogen (secondary N) is 2. The van der Waals surface area contributed by atoms with Gasteiger partial charge in [0.25, 0.3) is 0 Å². The quantitative estimate of drug-likeness (QED) is 0.179. The third-order valence-corrected chi connectivity index (χ3v) is 8.21. The number of nitrogens with zero attached hydrogens (tertiary/aromatic N) is 2. The van der Waals surface area contributed by atoms with E-state index in [9.17, 15) is 26.3 Å². The first-order valence-corrected chi connectivity index (χ1v) is 13.4. The molecule has 2 unspecified atom stereocenters. The molecule has 1 aromatic heterocycles. The van der Waals surface area contributed by atoms with E-state index in [0.717, 1.165) is 36.9 Å². The number of halogens is 6. The van der Waals surface area contributed by atoms with Gasteiger partial charge < -0.3 is 15.4 Å². The molecule has 5 atom stereocenters. The number of anilines is 1. The van der Waals surface area contributed by atoms with Crippen molar-refractivity contribution in [2.24, 2.45) is 11.8 Å². The zero-order valence-electron chi connectivity index (χ0n) is 22.0. The van der Waals surface area contributed by atoms with Crippen LogP contribution in [0.15, 0.2) is 61.3 Å². The van der Waals surface area contributed by atoms with E-state index in [-0.39, 0.29) is 17.2 Å². The number of hydrogen-bond donors (Lipinski definition) is 2. The van der Waals surface area contributed by atoms with Crippen molar-refractivity contribution in [3.05, 3.63) is 78.0 Å². The van der Waals surface area contributed by atoms with Crippen LogP contribution in [0.4, 0.5) is 32.0 Å². The molecule has 3 aromatic rings. The van der Waals surface area contributed by atoms with E-state index in [1.807, 2.05) is 24.3 Å². The molecule has 41 heavy (non-hydrogen) atoms. The maximum atomic E-state index is 13.4. The Bertz CT molecular complexity index is 1430. The van der Waals surface area contributed by atoms with Gasteiger partial charge in [-0.1, -0.05) is 6.08 Å². The fourth-order valence-corrected chi connectivity index (χ4v) is 6.23. The van der Waals surface area contributed by atoms with Gasteiger partial charge in [0, 0.05) is 29.9 Å². The topological polar surface area (TPSA) is 49.4 Å². The normalized spacial score (nSPS) is 23.2. The van der Waals surface area contributed by atoms with Gasteiger partial charge in [-0.05, 0) is 91.5 Å². The summed E-state index contributed by atoms with van der Waals surface area (Å²) in [5.41, 5.74) is -1.71. The standard InChI is InChI=1S/C29H28F6N4OS/c1-3-16-15-39-9-7-17(16)10-25(39)26(22-6-8-36-24-5-4-21(40-2)14-23(22)24)38-27(41)37-20-12-18(28(30,31)32)11-19(13-20)29(33,34)35/h3-6,8,11-14,16-17,25-26H,1,7,9-10,15H2,2H3,(H2,37,38,41)/t16-,17?,25-,26-/m0/s1. The van der Waals surface area contributed by atoms with Crippen LogP contribution in [0.2, 0.25) is 0 Å². The number of benzene rings is 2. The van der Waals surface area contributed by atoms with Gasteiger partial charge in [0.15, 0.2) is 5.11 Å². The van der Waals surface area contributed by atoms with Gasteiger partial charge in [-0.15, -0.1) is 6.58 Å². The number of pyridine rings is 1. The maximum Gasteiger partial charge on any atom is 0.416 e. The minimum atomic E-state index is -4.97. The van der Waals surface area contributed by atoms with Crippen LogP contribution in [0.25, 0.3) is 10.9 Å². The van der Waals surface area contributed by atoms with E-state index in [2.05, 4.69) is 27.1 Å². The number of rotatable bonds is 6. The van der Waals surface area contributed by atoms with Crippen molar-refractivity contribution in [3.63, 3.8) is 0 Å². The zero-order chi connectivity index (χ0) is 29.5. The van der Waals surface area contributed by atoms with E-state index in [0.29, 0.717) is 35.2 Å². The molecule has 2 bridgehead atoms. The maximum absolute atomic E-state index is 13.4. The molecule has 12 heteroatoms. The molecule has 5 nitrogen and oxygen atoms in total. The van der Waals surface area contributed by atoms with Gasteiger partial charge in [-0.25, -0.2) is 0 Å². The Hall–Kier alpha value is -3.38. The van der Waals surface area contributed by atoms with Gasteiger partial charge in [0.05, 0.1) is 29.8 Å². The van der Waals surface area contributed by atoms with Gasteiger partial charge in [0.2, 0.25) is 0 Å². The fourth-order valence-electron chi connectivity index (χ4n) is 5.99. The monoisotopic (exact) mass is 594 g/mol. The van der Waals surface area contributed by atoms with Gasteiger partial charge in [-0.3, -0.25) is 9.88 Å². The summed E-state index contributed by atoms with van der Waals surface area (Å²) in [5, 5.41) is 6.52. The third-order valence-electron chi connectivity index (χ3n) is 7.99. The summed E-state index contributed by atoms with van der Waals surface area (Å²) in [6, 6.07) is 8.15. The highest BCUT2D eigenvalue weighted by Crippen LogP contribution is 2.43. The van der Waals surface area contributed by atoms with Crippen molar-refractivity contribution in [2.45, 2.75) is 37.3 Å². The van der Waals surface area contributed by atoms with Crippen molar-refractivity contribution in [1.29, 1.82) is 0 Å². The average molecular weight is 595 g/mol. The third kappa shape index (κ3) is 6.13. The van der Waals surface area contributed by atoms with Crippen LogP contribution in [0, 0.1) is 11.8 Å². The van der Waals surface area contributed by atoms with Crippen LogP contribution in [-0.4, -0.2) is 41.2 Å². The fraction of sp³-hybridized carbons (Fsp3) is 0.379. The van der Waals surface area contributed by atoms with Crippen LogP contribution < -0.4 is 15.4 Å². The average Bonchev–Trinajstić information content (AvgIpc) is 2.94. The molecular formula is C29H28F6N4OS. The second-order valence-electron chi connectivity index (χ2n) is 10.4. The molecule has 0 spiro atoms. The predicted molar refractivity (Wildman–Crippen MR) is 149 cm³/mol. The Morgan fingerprint density at radius 3 is 2.39 bits per heavy atom. The Labute approximate surface area is 238 Å². The highest BCUT2D eigenvalue weighted by Gasteiger charge is 2.43. The summed E-state index contributed by atoms with van der Waals surface area (Å²) in [5.74, 6) is 1.35. The number of alkyl halides is 6. The molecule has 4 heterocycles. The molecule has 3 aliphatic rings. The minimum Gasteiger partial charge on any atom is -0.497 e. The molecule has 3 fully saturated rings. The lowest BCUT2D eigenvalue weighted by atomic mass is 9.73. The molecule has 2 aromatic carbocycles. The van der Waals surface area contributed by atoms with Crippen molar-refractivity contribution in [2.75, 3.05) is 25.5 Å². The molecule has 0 aliphatic carbocycles. The van der Waals surface area contributed by atoms with E-state index in [4.69, 9.17) is 17.0 Å². The Morgan fingerprint density at radius 2 is 1.80 bits per heavy atom. The number of piperidine rings is 3. The molecule has 0 saturated carbocycles. The number of aromatic nitrogens is 1. The van der Waals surface area contributed by atoms with Crippen LogP contribution >= 0.6 is 12.2 Å². The van der Waals surface area contributed by atoms with Gasteiger partial charge in [-0.2, -0.15) is 26.3 Å². The molecule has 0 amide bonds. The van der Waals surface area contributed by atoms with Gasteiger partial charge in [0.1, 0.15) is 5.75 Å². The molecule has 6 rings (SSSR count). The van der Waals surface area contributed by atoms with Crippen molar-refractivity contribution in [1.82, 2.24) is 15.2 Å². The van der Waals surface area contributed by atoms with Crippen molar-refractivity contribution >= 4 is 33.9 Å². The zero-order valence-corrected chi connectivity index (χ0v) is 22.8. The number of methoxy groups -OCH3 is 1. The van der Waals surface area contributed by atoms with E-state index in [1.165, 1.54) is 0 Å². The summed E-state index contributed by atoms with van der Waals surface area (Å²) >= 11 is 5.50. The lowest BCUT2D eigenvalue weighted by Gasteiger charge is -2.52. The number of hydrogen-bond acceptors (Lipinski definition) is 4. The Balaban J connectivity index is 1.51. The number of ether oxygens (including phenoxy) is 1. The lowest BCUT2D eigenvalue weighted by Crippen LogP contribution is -2.57. The lowest BCUT2D eigenvalue weighted by molar-refractivity contribution is -0.143. The van der Waals surface area contributed by atoms with E-state index >= 15 is 0 Å². The molecular weight excluding hydrogens is 566 g/mol. The van der Waals surface area contributed by atoms with E-state index < -0.39 is 35.2 Å². The summed E-state index contributed by atoms with van der Waals surface area (Å²) in [6.07, 6.45) is -4.48. The van der Waals surface area contributed by atoms with Crippen LogP contribution in [0.5, 0.6) is 5.75 Å². The molecule has 3 saturated heterocycles. The second-order valence-corrected chi connectivity index (χ2v) is 10.8. The summed E-state index contributed by atoms with van der Waals surface area (Å²) in [4.78, 5) is 6.80. The van der Waals surface area contributed by atoms with Crippen LogP contribution in [0.3, 0.4) is 0 Å². The smallest absolute Gasteiger partial charge is 0.416 e. The predicted octanol–water partition coefficient (Wildman–Crippen LogP) is 7.21. The number of fused-ring (bicyclic) bond motifs is 4. The summed E-state index contributed by atoms with van der Waals surface area (Å²) < 4.78 is 86.0. The molecule has 218 valence electrons. The minimum absolute atomic E-state index is 0.0475. The largest absolute Gasteiger partial charge is 0.497 e. The van der Waals surface area contributed by atoms with Gasteiger partial charge >= 0.3 is 12.4 Å². The first kappa shape index (κ1) is 29.1. The SMILES string of the molecule is C=C[C@H]1CN2CCC1C[C@H]2[C@@H](NC(=S)Nc1cc(C(F)(F)F)cc(C(F)(F)F)c1)c1ccnc2ccc(OC)cc12. The van der Waals surface area contributed by atoms with Crippen LogP contribution in [-0.2, 0) is 12.4 Å². The first-order chi connectivity index (χ1) is 19.4. The van der Waals surface area contributed by atoms with Crippen molar-refractivity contribution < 1.29 is 31.1 Å². The van der Waals surface area contributed by atoms with Crippen LogP contribution in [0.1, 0.15) is 35.6 Å². The molecule has 0 radical (unpaired) electrons. The Morgan fingerprint density at radius 1 is 1.10 bits per heavy atom. The molecule has 2 N–H and O–H groups in total. The number of thiocarbonyl (C=S) groups is 1. The summed E-state index contributed by atoms with van der Waals surface area (Å²) in [7, 11) is 1.55. The van der Waals surface area contributed by atoms with Crippen molar-refractivity contribution in [3.8, 4) is 5.75 Å². The van der Waals surface area contributed by atoms with E-state index in [1.54, 1.807) is 19.4 Å². The first-order valence-electron chi connectivity index (χ1n) is 13.0. The highest BCUT2D eigenvalue weighted by atomic mass is 32.1. The highest BCUT2D eigenvalue weighted by molar-refractivity contribution is 7.80. The summed E-state index contributed by atoms with van der Waals surface area (Å²) in [6.45, 7) is 5.63.